The van der Waals surface area contributed by atoms with Gasteiger partial charge in [-0.2, -0.15) is 11.8 Å². The number of thioether (sulfide) groups is 1. The van der Waals surface area contributed by atoms with Crippen LogP contribution in [0.4, 0.5) is 11.5 Å². The van der Waals surface area contributed by atoms with E-state index in [9.17, 15) is 4.79 Å². The number of rotatable bonds is 6. The zero-order chi connectivity index (χ0) is 13.7. The zero-order valence-corrected chi connectivity index (χ0v) is 11.7. The molecule has 1 aromatic rings. The normalized spacial score (nSPS) is 12.2. The van der Waals surface area contributed by atoms with Crippen LogP contribution in [0.25, 0.3) is 0 Å². The average molecular weight is 269 g/mol. The summed E-state index contributed by atoms with van der Waals surface area (Å²) in [5, 5.41) is 8.85. The first kappa shape index (κ1) is 14.6. The van der Waals surface area contributed by atoms with E-state index >= 15 is 0 Å². The summed E-state index contributed by atoms with van der Waals surface area (Å²) in [6.07, 6.45) is 4.44. The van der Waals surface area contributed by atoms with Crippen LogP contribution >= 0.6 is 11.8 Å². The SMILES string of the molecule is CSCCC(C)N(C)c1ncc(C(=O)O)cc1N. The van der Waals surface area contributed by atoms with Crippen LogP contribution < -0.4 is 10.6 Å². The molecule has 0 aromatic carbocycles. The number of nitrogens with zero attached hydrogens (tertiary/aromatic N) is 2. The van der Waals surface area contributed by atoms with Gasteiger partial charge in [-0.1, -0.05) is 0 Å². The highest BCUT2D eigenvalue weighted by Gasteiger charge is 2.15. The lowest BCUT2D eigenvalue weighted by Gasteiger charge is -2.26. The summed E-state index contributed by atoms with van der Waals surface area (Å²) < 4.78 is 0. The molecular formula is C12H19N3O2S. The summed E-state index contributed by atoms with van der Waals surface area (Å²) >= 11 is 1.80. The quantitative estimate of drug-likeness (QED) is 0.821. The maximum atomic E-state index is 10.8. The van der Waals surface area contributed by atoms with Crippen LogP contribution in [0, 0.1) is 0 Å². The zero-order valence-electron chi connectivity index (χ0n) is 10.9. The van der Waals surface area contributed by atoms with E-state index in [4.69, 9.17) is 10.8 Å². The summed E-state index contributed by atoms with van der Waals surface area (Å²) in [5.74, 6) is 0.686. The fourth-order valence-corrected chi connectivity index (χ4v) is 2.15. The molecule has 1 aromatic heterocycles. The first-order valence-corrected chi connectivity index (χ1v) is 7.07. The van der Waals surface area contributed by atoms with E-state index < -0.39 is 5.97 Å². The molecule has 0 saturated heterocycles. The first-order valence-electron chi connectivity index (χ1n) is 5.68. The van der Waals surface area contributed by atoms with Gasteiger partial charge in [0.1, 0.15) is 0 Å². The summed E-state index contributed by atoms with van der Waals surface area (Å²) in [7, 11) is 1.92. The Morgan fingerprint density at radius 1 is 1.67 bits per heavy atom. The number of anilines is 2. The number of pyridine rings is 1. The molecule has 0 aliphatic rings. The van der Waals surface area contributed by atoms with E-state index in [-0.39, 0.29) is 5.56 Å². The number of carboxylic acids is 1. The summed E-state index contributed by atoms with van der Waals surface area (Å²) in [6, 6.07) is 1.76. The van der Waals surface area contributed by atoms with E-state index in [0.29, 0.717) is 17.5 Å². The molecule has 6 heteroatoms. The van der Waals surface area contributed by atoms with Crippen molar-refractivity contribution in [2.75, 3.05) is 29.7 Å². The Labute approximate surface area is 111 Å². The minimum Gasteiger partial charge on any atom is -0.478 e. The number of hydrogen-bond acceptors (Lipinski definition) is 5. The van der Waals surface area contributed by atoms with Crippen molar-refractivity contribution in [3.05, 3.63) is 17.8 Å². The molecule has 1 heterocycles. The van der Waals surface area contributed by atoms with Crippen LogP contribution in [-0.2, 0) is 0 Å². The van der Waals surface area contributed by atoms with Gasteiger partial charge in [0.05, 0.1) is 11.3 Å². The molecule has 0 aliphatic carbocycles. The smallest absolute Gasteiger partial charge is 0.337 e. The van der Waals surface area contributed by atoms with E-state index in [2.05, 4.69) is 18.2 Å². The van der Waals surface area contributed by atoms with Crippen molar-refractivity contribution in [1.29, 1.82) is 0 Å². The molecule has 0 radical (unpaired) electrons. The van der Waals surface area contributed by atoms with Crippen LogP contribution in [0.1, 0.15) is 23.7 Å². The van der Waals surface area contributed by atoms with Gasteiger partial charge in [-0.25, -0.2) is 9.78 Å². The summed E-state index contributed by atoms with van der Waals surface area (Å²) in [5.41, 5.74) is 6.36. The lowest BCUT2D eigenvalue weighted by molar-refractivity contribution is 0.0696. The monoisotopic (exact) mass is 269 g/mol. The highest BCUT2D eigenvalue weighted by molar-refractivity contribution is 7.98. The molecule has 100 valence electrons. The molecule has 0 aliphatic heterocycles. The van der Waals surface area contributed by atoms with Crippen molar-refractivity contribution >= 4 is 29.2 Å². The number of carbonyl (C=O) groups is 1. The molecular weight excluding hydrogens is 250 g/mol. The maximum absolute atomic E-state index is 10.8. The molecule has 0 fully saturated rings. The Kier molecular flexibility index (Phi) is 5.27. The highest BCUT2D eigenvalue weighted by Crippen LogP contribution is 2.23. The van der Waals surface area contributed by atoms with Gasteiger partial charge in [0.2, 0.25) is 0 Å². The van der Waals surface area contributed by atoms with Gasteiger partial charge in [0.15, 0.2) is 5.82 Å². The minimum atomic E-state index is -1.01. The van der Waals surface area contributed by atoms with Crippen LogP contribution in [0.15, 0.2) is 12.3 Å². The van der Waals surface area contributed by atoms with Crippen LogP contribution in [0.5, 0.6) is 0 Å². The van der Waals surface area contributed by atoms with Crippen molar-refractivity contribution in [2.24, 2.45) is 0 Å². The third kappa shape index (κ3) is 3.53. The fourth-order valence-electron chi connectivity index (χ4n) is 1.58. The first-order chi connectivity index (χ1) is 8.47. The Balaban J connectivity index is 2.86. The summed E-state index contributed by atoms with van der Waals surface area (Å²) in [4.78, 5) is 16.9. The van der Waals surface area contributed by atoms with Gasteiger partial charge in [0, 0.05) is 19.3 Å². The van der Waals surface area contributed by atoms with E-state index in [1.54, 1.807) is 11.8 Å². The van der Waals surface area contributed by atoms with Gasteiger partial charge < -0.3 is 15.7 Å². The van der Waals surface area contributed by atoms with Crippen molar-refractivity contribution < 1.29 is 9.90 Å². The standard InChI is InChI=1S/C12H19N3O2S/c1-8(4-5-18-3)15(2)11-10(13)6-9(7-14-11)12(16)17/h6-8H,4-5,13H2,1-3H3,(H,16,17). The van der Waals surface area contributed by atoms with E-state index in [1.807, 2.05) is 11.9 Å². The highest BCUT2D eigenvalue weighted by atomic mass is 32.2. The van der Waals surface area contributed by atoms with E-state index in [1.165, 1.54) is 12.3 Å². The molecule has 1 atom stereocenters. The van der Waals surface area contributed by atoms with Crippen molar-refractivity contribution in [3.63, 3.8) is 0 Å². The average Bonchev–Trinajstić information content (AvgIpc) is 2.34. The van der Waals surface area contributed by atoms with Crippen molar-refractivity contribution in [1.82, 2.24) is 4.98 Å². The molecule has 5 nitrogen and oxygen atoms in total. The Morgan fingerprint density at radius 2 is 2.33 bits per heavy atom. The largest absolute Gasteiger partial charge is 0.478 e. The fraction of sp³-hybridized carbons (Fsp3) is 0.500. The Bertz CT molecular complexity index is 426. The third-order valence-electron chi connectivity index (χ3n) is 2.88. The third-order valence-corrected chi connectivity index (χ3v) is 3.52. The van der Waals surface area contributed by atoms with Gasteiger partial charge >= 0.3 is 5.97 Å². The van der Waals surface area contributed by atoms with Crippen LogP contribution in [-0.4, -0.2) is 41.2 Å². The van der Waals surface area contributed by atoms with Gasteiger partial charge in [-0.15, -0.1) is 0 Å². The van der Waals surface area contributed by atoms with Crippen molar-refractivity contribution in [3.8, 4) is 0 Å². The molecule has 1 rings (SSSR count). The van der Waals surface area contributed by atoms with Crippen LogP contribution in [0.3, 0.4) is 0 Å². The molecule has 0 saturated carbocycles. The topological polar surface area (TPSA) is 79.5 Å². The number of aromatic nitrogens is 1. The molecule has 1 unspecified atom stereocenters. The van der Waals surface area contributed by atoms with Gasteiger partial charge in [0.25, 0.3) is 0 Å². The minimum absolute atomic E-state index is 0.112. The molecule has 0 bridgehead atoms. The second-order valence-electron chi connectivity index (χ2n) is 4.18. The lowest BCUT2D eigenvalue weighted by atomic mass is 10.2. The summed E-state index contributed by atoms with van der Waals surface area (Å²) in [6.45, 7) is 2.10. The maximum Gasteiger partial charge on any atom is 0.337 e. The molecule has 0 spiro atoms. The molecule has 0 amide bonds. The number of carboxylic acid groups (broad SMARTS) is 1. The van der Waals surface area contributed by atoms with Gasteiger partial charge in [-0.3, -0.25) is 0 Å². The predicted molar refractivity (Wildman–Crippen MR) is 76.5 cm³/mol. The predicted octanol–water partition coefficient (Wildman–Crippen LogP) is 1.94. The second-order valence-corrected chi connectivity index (χ2v) is 5.17. The molecule has 18 heavy (non-hydrogen) atoms. The number of nitrogens with two attached hydrogens (primary N) is 1. The lowest BCUT2D eigenvalue weighted by Crippen LogP contribution is -2.30. The second kappa shape index (κ2) is 6.49. The van der Waals surface area contributed by atoms with Gasteiger partial charge in [-0.05, 0) is 31.4 Å². The number of hydrogen-bond donors (Lipinski definition) is 2. The van der Waals surface area contributed by atoms with E-state index in [0.717, 1.165) is 12.2 Å². The number of aromatic carboxylic acids is 1. The Hall–Kier alpha value is -1.43. The van der Waals surface area contributed by atoms with Crippen molar-refractivity contribution in [2.45, 2.75) is 19.4 Å². The number of nitrogen functional groups attached to an aromatic ring is 1. The molecule has 3 N–H and O–H groups in total. The Morgan fingerprint density at radius 3 is 2.83 bits per heavy atom. The van der Waals surface area contributed by atoms with Crippen LogP contribution in [0.2, 0.25) is 0 Å².